The molecule has 0 amide bonds. The molecule has 0 heterocycles. The molecule has 0 radical (unpaired) electrons. The van der Waals surface area contributed by atoms with E-state index < -0.39 is 0 Å². The van der Waals surface area contributed by atoms with Crippen LogP contribution in [0.1, 0.15) is 11.1 Å². The molecule has 0 atom stereocenters. The van der Waals surface area contributed by atoms with Gasteiger partial charge in [0.05, 0.1) is 4.92 Å². The fourth-order valence-corrected chi connectivity index (χ4v) is 2.37. The third-order valence-corrected chi connectivity index (χ3v) is 3.56. The Bertz CT molecular complexity index is 585. The summed E-state index contributed by atoms with van der Waals surface area (Å²) in [6.07, 6.45) is 0.852. The zero-order chi connectivity index (χ0) is 15.8. The van der Waals surface area contributed by atoms with E-state index in [2.05, 4.69) is 17.0 Å². The normalized spacial score (nSPS) is 10.8. The summed E-state index contributed by atoms with van der Waals surface area (Å²) in [5, 5.41) is 10.7. The number of non-ortho nitro benzene ring substituents is 1. The van der Waals surface area contributed by atoms with Crippen molar-refractivity contribution in [2.45, 2.75) is 13.0 Å². The summed E-state index contributed by atoms with van der Waals surface area (Å²) in [5.41, 5.74) is 8.18. The van der Waals surface area contributed by atoms with E-state index in [1.54, 1.807) is 12.1 Å². The van der Waals surface area contributed by atoms with Gasteiger partial charge in [-0.15, -0.1) is 0 Å². The van der Waals surface area contributed by atoms with Gasteiger partial charge in [0.2, 0.25) is 0 Å². The van der Waals surface area contributed by atoms with Crippen molar-refractivity contribution in [1.29, 1.82) is 0 Å². The third-order valence-electron chi connectivity index (χ3n) is 3.56. The Kier molecular flexibility index (Phi) is 6.06. The van der Waals surface area contributed by atoms with E-state index in [0.717, 1.165) is 31.6 Å². The first kappa shape index (κ1) is 16.1. The zero-order valence-corrected chi connectivity index (χ0v) is 12.5. The minimum absolute atomic E-state index is 0.131. The van der Waals surface area contributed by atoms with E-state index >= 15 is 0 Å². The third kappa shape index (κ3) is 4.95. The highest BCUT2D eigenvalue weighted by Crippen LogP contribution is 2.13. The average molecular weight is 299 g/mol. The van der Waals surface area contributed by atoms with Gasteiger partial charge >= 0.3 is 0 Å². The molecule has 0 spiro atoms. The lowest BCUT2D eigenvalue weighted by atomic mass is 10.1. The summed E-state index contributed by atoms with van der Waals surface area (Å²) >= 11 is 0. The minimum atomic E-state index is -0.375. The molecule has 0 unspecified atom stereocenters. The van der Waals surface area contributed by atoms with Crippen LogP contribution in [0.4, 0.5) is 5.69 Å². The first-order chi connectivity index (χ1) is 10.7. The summed E-state index contributed by atoms with van der Waals surface area (Å²) in [7, 11) is 0. The van der Waals surface area contributed by atoms with Crippen molar-refractivity contribution in [3.63, 3.8) is 0 Å². The van der Waals surface area contributed by atoms with Crippen LogP contribution in [0.15, 0.2) is 54.6 Å². The number of nitro groups is 1. The Labute approximate surface area is 130 Å². The molecule has 0 saturated heterocycles. The molecule has 0 aliphatic carbocycles. The number of rotatable bonds is 8. The first-order valence-corrected chi connectivity index (χ1v) is 7.38. The van der Waals surface area contributed by atoms with Crippen LogP contribution >= 0.6 is 0 Å². The lowest BCUT2D eigenvalue weighted by molar-refractivity contribution is -0.384. The number of nitrogens with two attached hydrogens (primary N) is 1. The predicted molar refractivity (Wildman–Crippen MR) is 87.6 cm³/mol. The SMILES string of the molecule is NCCN(CCc1ccc([N+](=O)[O-])cc1)Cc1ccccc1. The highest BCUT2D eigenvalue weighted by atomic mass is 16.6. The van der Waals surface area contributed by atoms with E-state index in [9.17, 15) is 10.1 Å². The fraction of sp³-hybridized carbons (Fsp3) is 0.294. The van der Waals surface area contributed by atoms with E-state index in [-0.39, 0.29) is 10.6 Å². The molecule has 2 aromatic carbocycles. The minimum Gasteiger partial charge on any atom is -0.329 e. The van der Waals surface area contributed by atoms with Crippen LogP contribution in [-0.4, -0.2) is 29.5 Å². The molecule has 0 bridgehead atoms. The molecule has 0 aliphatic heterocycles. The maximum Gasteiger partial charge on any atom is 0.269 e. The lowest BCUT2D eigenvalue weighted by Gasteiger charge is -2.21. The fourth-order valence-electron chi connectivity index (χ4n) is 2.37. The molecular weight excluding hydrogens is 278 g/mol. The van der Waals surface area contributed by atoms with Crippen molar-refractivity contribution in [2.75, 3.05) is 19.6 Å². The van der Waals surface area contributed by atoms with Gasteiger partial charge in [-0.1, -0.05) is 42.5 Å². The maximum atomic E-state index is 10.7. The molecule has 2 N–H and O–H groups in total. The highest BCUT2D eigenvalue weighted by molar-refractivity contribution is 5.33. The average Bonchev–Trinajstić information content (AvgIpc) is 2.54. The largest absolute Gasteiger partial charge is 0.329 e. The molecule has 0 saturated carbocycles. The van der Waals surface area contributed by atoms with Gasteiger partial charge in [-0.05, 0) is 17.5 Å². The van der Waals surface area contributed by atoms with Gasteiger partial charge in [0, 0.05) is 38.3 Å². The van der Waals surface area contributed by atoms with Crippen LogP contribution in [0.5, 0.6) is 0 Å². The number of hydrogen-bond donors (Lipinski definition) is 1. The predicted octanol–water partition coefficient (Wildman–Crippen LogP) is 2.60. The van der Waals surface area contributed by atoms with Gasteiger partial charge in [-0.25, -0.2) is 0 Å². The molecule has 2 rings (SSSR count). The first-order valence-electron chi connectivity index (χ1n) is 7.38. The van der Waals surface area contributed by atoms with Crippen LogP contribution in [-0.2, 0) is 13.0 Å². The van der Waals surface area contributed by atoms with Crippen molar-refractivity contribution < 1.29 is 4.92 Å². The summed E-state index contributed by atoms with van der Waals surface area (Å²) in [5.74, 6) is 0. The van der Waals surface area contributed by atoms with Crippen molar-refractivity contribution in [1.82, 2.24) is 4.90 Å². The molecule has 0 aliphatic rings. The second kappa shape index (κ2) is 8.26. The van der Waals surface area contributed by atoms with Crippen LogP contribution in [0.2, 0.25) is 0 Å². The van der Waals surface area contributed by atoms with Crippen molar-refractivity contribution >= 4 is 5.69 Å². The van der Waals surface area contributed by atoms with Gasteiger partial charge in [0.25, 0.3) is 5.69 Å². The Balaban J connectivity index is 1.92. The quantitative estimate of drug-likeness (QED) is 0.600. The van der Waals surface area contributed by atoms with Crippen molar-refractivity contribution in [2.24, 2.45) is 5.73 Å². The molecule has 5 heteroatoms. The lowest BCUT2D eigenvalue weighted by Crippen LogP contribution is -2.31. The molecule has 22 heavy (non-hydrogen) atoms. The molecule has 2 aromatic rings. The van der Waals surface area contributed by atoms with E-state index in [1.165, 1.54) is 5.56 Å². The number of nitrogens with zero attached hydrogens (tertiary/aromatic N) is 2. The van der Waals surface area contributed by atoms with Crippen LogP contribution in [0, 0.1) is 10.1 Å². The molecule has 5 nitrogen and oxygen atoms in total. The molecule has 0 aromatic heterocycles. The monoisotopic (exact) mass is 299 g/mol. The smallest absolute Gasteiger partial charge is 0.269 e. The summed E-state index contributed by atoms with van der Waals surface area (Å²) in [6.45, 7) is 3.20. The summed E-state index contributed by atoms with van der Waals surface area (Å²) in [4.78, 5) is 12.6. The van der Waals surface area contributed by atoms with Crippen LogP contribution in [0.25, 0.3) is 0 Å². The standard InChI is InChI=1S/C17H21N3O2/c18-11-13-19(14-16-4-2-1-3-5-16)12-10-15-6-8-17(9-7-15)20(21)22/h1-9H,10-14,18H2. The van der Waals surface area contributed by atoms with Gasteiger partial charge in [0.15, 0.2) is 0 Å². The Morgan fingerprint density at radius 1 is 0.955 bits per heavy atom. The maximum absolute atomic E-state index is 10.7. The highest BCUT2D eigenvalue weighted by Gasteiger charge is 2.07. The zero-order valence-electron chi connectivity index (χ0n) is 12.5. The number of hydrogen-bond acceptors (Lipinski definition) is 4. The Morgan fingerprint density at radius 3 is 2.23 bits per heavy atom. The number of benzene rings is 2. The second-order valence-electron chi connectivity index (χ2n) is 5.22. The van der Waals surface area contributed by atoms with Crippen LogP contribution < -0.4 is 5.73 Å². The Morgan fingerprint density at radius 2 is 1.64 bits per heavy atom. The second-order valence-corrected chi connectivity index (χ2v) is 5.22. The van der Waals surface area contributed by atoms with Gasteiger partial charge in [-0.2, -0.15) is 0 Å². The van der Waals surface area contributed by atoms with Gasteiger partial charge in [0.1, 0.15) is 0 Å². The Hall–Kier alpha value is -2.24. The molecular formula is C17H21N3O2. The van der Waals surface area contributed by atoms with Gasteiger partial charge in [-0.3, -0.25) is 15.0 Å². The number of nitro benzene ring substituents is 1. The van der Waals surface area contributed by atoms with Crippen molar-refractivity contribution in [3.8, 4) is 0 Å². The summed E-state index contributed by atoms with van der Waals surface area (Å²) in [6, 6.07) is 17.0. The van der Waals surface area contributed by atoms with E-state index in [4.69, 9.17) is 5.73 Å². The topological polar surface area (TPSA) is 72.4 Å². The van der Waals surface area contributed by atoms with Crippen LogP contribution in [0.3, 0.4) is 0 Å². The molecule has 116 valence electrons. The molecule has 0 fully saturated rings. The van der Waals surface area contributed by atoms with Crippen molar-refractivity contribution in [3.05, 3.63) is 75.8 Å². The van der Waals surface area contributed by atoms with E-state index in [0.29, 0.717) is 6.54 Å². The van der Waals surface area contributed by atoms with Gasteiger partial charge < -0.3 is 5.73 Å². The summed E-state index contributed by atoms with van der Waals surface area (Å²) < 4.78 is 0. The van der Waals surface area contributed by atoms with E-state index in [1.807, 2.05) is 30.3 Å².